The van der Waals surface area contributed by atoms with Gasteiger partial charge in [0.2, 0.25) is 0 Å². The van der Waals surface area contributed by atoms with Crippen molar-refractivity contribution in [2.45, 2.75) is 26.4 Å². The quantitative estimate of drug-likeness (QED) is 0.794. The van der Waals surface area contributed by atoms with Crippen molar-refractivity contribution in [3.05, 3.63) is 34.9 Å². The van der Waals surface area contributed by atoms with Crippen LogP contribution in [-0.4, -0.2) is 34.7 Å². The van der Waals surface area contributed by atoms with Gasteiger partial charge in [-0.05, 0) is 38.5 Å². The minimum atomic E-state index is -0.763. The van der Waals surface area contributed by atoms with Crippen molar-refractivity contribution in [3.63, 3.8) is 0 Å². The van der Waals surface area contributed by atoms with Crippen molar-refractivity contribution >= 4 is 17.7 Å². The lowest BCUT2D eigenvalue weighted by atomic mass is 10.1. The summed E-state index contributed by atoms with van der Waals surface area (Å²) in [4.78, 5) is 11.7. The molecule has 1 amide bonds. The highest BCUT2D eigenvalue weighted by Gasteiger charge is 2.15. The van der Waals surface area contributed by atoms with Gasteiger partial charge in [-0.3, -0.25) is 4.79 Å². The molecule has 0 aromatic heterocycles. The molecule has 1 aromatic rings. The van der Waals surface area contributed by atoms with Crippen LogP contribution in [0.2, 0.25) is 0 Å². The highest BCUT2D eigenvalue weighted by molar-refractivity contribution is 7.99. The van der Waals surface area contributed by atoms with Crippen LogP contribution in [0.5, 0.6) is 0 Å². The first-order valence-electron chi connectivity index (χ1n) is 6.24. The van der Waals surface area contributed by atoms with Crippen molar-refractivity contribution < 1.29 is 18.7 Å². The Morgan fingerprint density at radius 2 is 2.00 bits per heavy atom. The molecule has 0 bridgehead atoms. The summed E-state index contributed by atoms with van der Waals surface area (Å²) in [5.74, 6) is -0.842. The van der Waals surface area contributed by atoms with Crippen molar-refractivity contribution in [2.24, 2.45) is 0 Å². The fourth-order valence-corrected chi connectivity index (χ4v) is 2.36. The summed E-state index contributed by atoms with van der Waals surface area (Å²) in [7, 11) is 0. The lowest BCUT2D eigenvalue weighted by Gasteiger charge is -2.16. The summed E-state index contributed by atoms with van der Waals surface area (Å²) in [6.07, 6.45) is 0. The van der Waals surface area contributed by atoms with E-state index < -0.39 is 23.1 Å². The maximum atomic E-state index is 13.5. The van der Waals surface area contributed by atoms with Crippen LogP contribution in [0, 0.1) is 18.6 Å². The molecule has 0 unspecified atom stereocenters. The number of halogens is 2. The zero-order valence-electron chi connectivity index (χ0n) is 11.8. The molecule has 112 valence electrons. The molecule has 0 radical (unpaired) electrons. The standard InChI is InChI=1S/C14H19F2NO2S/c1-9-6-12(16)10(7-11(9)15)13(18)17-4-5-20-8-14(2,3)19/h6-7,19H,4-5,8H2,1-3H3,(H,17,18). The average Bonchev–Trinajstić information content (AvgIpc) is 2.31. The predicted molar refractivity (Wildman–Crippen MR) is 77.1 cm³/mol. The highest BCUT2D eigenvalue weighted by Crippen LogP contribution is 2.14. The van der Waals surface area contributed by atoms with Gasteiger partial charge in [-0.2, -0.15) is 11.8 Å². The van der Waals surface area contributed by atoms with E-state index in [0.29, 0.717) is 18.1 Å². The van der Waals surface area contributed by atoms with E-state index in [-0.39, 0.29) is 11.1 Å². The smallest absolute Gasteiger partial charge is 0.254 e. The molecule has 0 aliphatic rings. The molecule has 1 aromatic carbocycles. The van der Waals surface area contributed by atoms with Crippen molar-refractivity contribution in [2.75, 3.05) is 18.1 Å². The van der Waals surface area contributed by atoms with E-state index in [1.54, 1.807) is 13.8 Å². The molecular formula is C14H19F2NO2S. The number of aliphatic hydroxyl groups is 1. The van der Waals surface area contributed by atoms with Crippen molar-refractivity contribution in [1.82, 2.24) is 5.32 Å². The summed E-state index contributed by atoms with van der Waals surface area (Å²) in [5, 5.41) is 12.0. The number of hydrogen-bond acceptors (Lipinski definition) is 3. The first kappa shape index (κ1) is 16.9. The first-order chi connectivity index (χ1) is 9.20. The van der Waals surface area contributed by atoms with Crippen LogP contribution < -0.4 is 5.32 Å². The number of benzene rings is 1. The maximum absolute atomic E-state index is 13.5. The van der Waals surface area contributed by atoms with E-state index in [1.807, 2.05) is 0 Å². The second kappa shape index (κ2) is 7.04. The summed E-state index contributed by atoms with van der Waals surface area (Å²) >= 11 is 1.47. The van der Waals surface area contributed by atoms with Crippen LogP contribution in [0.1, 0.15) is 29.8 Å². The molecule has 0 saturated heterocycles. The number of hydrogen-bond donors (Lipinski definition) is 2. The van der Waals surface area contributed by atoms with E-state index in [9.17, 15) is 18.7 Å². The van der Waals surface area contributed by atoms with E-state index >= 15 is 0 Å². The Morgan fingerprint density at radius 3 is 2.60 bits per heavy atom. The van der Waals surface area contributed by atoms with E-state index in [2.05, 4.69) is 5.32 Å². The molecule has 0 aliphatic carbocycles. The summed E-state index contributed by atoms with van der Waals surface area (Å²) in [6, 6.07) is 1.91. The number of amides is 1. The second-order valence-corrected chi connectivity index (χ2v) is 6.31. The number of thioether (sulfide) groups is 1. The monoisotopic (exact) mass is 303 g/mol. The zero-order valence-corrected chi connectivity index (χ0v) is 12.6. The number of carbonyl (C=O) groups is 1. The van der Waals surface area contributed by atoms with Crippen LogP contribution in [-0.2, 0) is 0 Å². The molecule has 6 heteroatoms. The molecule has 1 rings (SSSR count). The van der Waals surface area contributed by atoms with Gasteiger partial charge < -0.3 is 10.4 Å². The van der Waals surface area contributed by atoms with E-state index in [4.69, 9.17) is 0 Å². The Hall–Kier alpha value is -1.14. The van der Waals surface area contributed by atoms with Crippen LogP contribution in [0.25, 0.3) is 0 Å². The van der Waals surface area contributed by atoms with Gasteiger partial charge in [0.1, 0.15) is 11.6 Å². The lowest BCUT2D eigenvalue weighted by molar-refractivity contribution is 0.0951. The van der Waals surface area contributed by atoms with Crippen LogP contribution in [0.3, 0.4) is 0 Å². The molecule has 0 spiro atoms. The van der Waals surface area contributed by atoms with Gasteiger partial charge in [0.05, 0.1) is 11.2 Å². The summed E-state index contributed by atoms with van der Waals surface area (Å²) < 4.78 is 26.9. The Balaban J connectivity index is 2.46. The van der Waals surface area contributed by atoms with Gasteiger partial charge in [0, 0.05) is 18.1 Å². The fraction of sp³-hybridized carbons (Fsp3) is 0.500. The fourth-order valence-electron chi connectivity index (χ4n) is 1.47. The minimum absolute atomic E-state index is 0.166. The van der Waals surface area contributed by atoms with Gasteiger partial charge in [0.15, 0.2) is 0 Å². The van der Waals surface area contributed by atoms with E-state index in [0.717, 1.165) is 12.1 Å². The van der Waals surface area contributed by atoms with Gasteiger partial charge >= 0.3 is 0 Å². The van der Waals surface area contributed by atoms with Gasteiger partial charge in [-0.25, -0.2) is 8.78 Å². The topological polar surface area (TPSA) is 49.3 Å². The van der Waals surface area contributed by atoms with Crippen LogP contribution in [0.4, 0.5) is 8.78 Å². The number of carbonyl (C=O) groups excluding carboxylic acids is 1. The van der Waals surface area contributed by atoms with Crippen molar-refractivity contribution in [1.29, 1.82) is 0 Å². The molecule has 2 N–H and O–H groups in total. The zero-order chi connectivity index (χ0) is 15.3. The third-order valence-corrected chi connectivity index (χ3v) is 3.88. The van der Waals surface area contributed by atoms with Gasteiger partial charge in [-0.15, -0.1) is 0 Å². The predicted octanol–water partition coefficient (Wildman–Crippen LogP) is 2.51. The molecule has 0 saturated carbocycles. The Morgan fingerprint density at radius 1 is 1.35 bits per heavy atom. The average molecular weight is 303 g/mol. The molecule has 0 fully saturated rings. The number of nitrogens with one attached hydrogen (secondary N) is 1. The molecule has 3 nitrogen and oxygen atoms in total. The van der Waals surface area contributed by atoms with Crippen LogP contribution >= 0.6 is 11.8 Å². The molecule has 0 aliphatic heterocycles. The first-order valence-corrected chi connectivity index (χ1v) is 7.40. The third kappa shape index (κ3) is 5.46. The Bertz CT molecular complexity index is 487. The van der Waals surface area contributed by atoms with Crippen molar-refractivity contribution in [3.8, 4) is 0 Å². The van der Waals surface area contributed by atoms with Gasteiger partial charge in [0.25, 0.3) is 5.91 Å². The van der Waals surface area contributed by atoms with Crippen LogP contribution in [0.15, 0.2) is 12.1 Å². The largest absolute Gasteiger partial charge is 0.390 e. The normalized spacial score (nSPS) is 11.5. The molecule has 20 heavy (non-hydrogen) atoms. The second-order valence-electron chi connectivity index (χ2n) is 5.20. The summed E-state index contributed by atoms with van der Waals surface area (Å²) in [6.45, 7) is 5.16. The highest BCUT2D eigenvalue weighted by atomic mass is 32.2. The SMILES string of the molecule is Cc1cc(F)c(C(=O)NCCSCC(C)(C)O)cc1F. The molecular weight excluding hydrogens is 284 g/mol. The summed E-state index contributed by atoms with van der Waals surface area (Å²) in [5.41, 5.74) is -0.888. The maximum Gasteiger partial charge on any atom is 0.254 e. The number of rotatable bonds is 6. The minimum Gasteiger partial charge on any atom is -0.390 e. The Labute approximate surface area is 121 Å². The molecule has 0 heterocycles. The van der Waals surface area contributed by atoms with Gasteiger partial charge in [-0.1, -0.05) is 0 Å². The van der Waals surface area contributed by atoms with E-state index in [1.165, 1.54) is 18.7 Å². The Kier molecular flexibility index (Phi) is 5.95. The molecule has 0 atom stereocenters. The third-order valence-electron chi connectivity index (χ3n) is 2.48. The lowest BCUT2D eigenvalue weighted by Crippen LogP contribution is -2.28. The number of aryl methyl sites for hydroxylation is 1.